The van der Waals surface area contributed by atoms with Crippen molar-refractivity contribution in [2.24, 2.45) is 5.92 Å². The van der Waals surface area contributed by atoms with Crippen molar-refractivity contribution >= 4 is 6.09 Å². The average molecular weight is 283 g/mol. The monoisotopic (exact) mass is 283 g/mol. The average Bonchev–Trinajstić information content (AvgIpc) is 3.02. The smallest absolute Gasteiger partial charge is 0.407 e. The number of carbonyl (C=O) groups excluding carboxylic acids is 1. The van der Waals surface area contributed by atoms with Gasteiger partial charge in [0.1, 0.15) is 5.60 Å². The first-order valence-electron chi connectivity index (χ1n) is 7.75. The second-order valence-electron chi connectivity index (χ2n) is 7.27. The van der Waals surface area contributed by atoms with E-state index in [1.54, 1.807) is 0 Å². The van der Waals surface area contributed by atoms with Gasteiger partial charge in [-0.25, -0.2) is 4.79 Å². The summed E-state index contributed by atoms with van der Waals surface area (Å²) >= 11 is 0. The molecule has 2 fully saturated rings. The number of rotatable bonds is 4. The van der Waals surface area contributed by atoms with E-state index in [1.165, 1.54) is 25.9 Å². The molecule has 20 heavy (non-hydrogen) atoms. The molecule has 0 spiro atoms. The Balaban J connectivity index is 1.60. The minimum atomic E-state index is -0.422. The van der Waals surface area contributed by atoms with Crippen LogP contribution in [0.2, 0.25) is 0 Å². The summed E-state index contributed by atoms with van der Waals surface area (Å²) in [6.07, 6.45) is 3.33. The van der Waals surface area contributed by atoms with Gasteiger partial charge in [-0.1, -0.05) is 0 Å². The van der Waals surface area contributed by atoms with Gasteiger partial charge in [-0.15, -0.1) is 0 Å². The number of likely N-dealkylation sites (tertiary alicyclic amines) is 1. The summed E-state index contributed by atoms with van der Waals surface area (Å²) in [5, 5.41) is 6.49. The fourth-order valence-electron chi connectivity index (χ4n) is 2.80. The Labute approximate surface area is 122 Å². The van der Waals surface area contributed by atoms with Gasteiger partial charge in [-0.05, 0) is 66.1 Å². The summed E-state index contributed by atoms with van der Waals surface area (Å²) in [4.78, 5) is 14.0. The molecule has 1 heterocycles. The van der Waals surface area contributed by atoms with E-state index in [1.807, 2.05) is 20.8 Å². The first-order valence-corrected chi connectivity index (χ1v) is 7.75. The quantitative estimate of drug-likeness (QED) is 0.822. The van der Waals surface area contributed by atoms with Crippen LogP contribution < -0.4 is 10.6 Å². The lowest BCUT2D eigenvalue weighted by atomic mass is 9.98. The molecule has 1 saturated carbocycles. The first kappa shape index (κ1) is 15.6. The van der Waals surface area contributed by atoms with Crippen molar-refractivity contribution in [1.29, 1.82) is 0 Å². The number of amides is 1. The zero-order chi connectivity index (χ0) is 14.8. The third-order valence-corrected chi connectivity index (χ3v) is 3.88. The van der Waals surface area contributed by atoms with E-state index in [2.05, 4.69) is 22.6 Å². The largest absolute Gasteiger partial charge is 0.444 e. The highest BCUT2D eigenvalue weighted by Gasteiger charge is 2.39. The van der Waals surface area contributed by atoms with Gasteiger partial charge in [0.25, 0.3) is 0 Å². The molecule has 1 amide bonds. The maximum absolute atomic E-state index is 11.6. The van der Waals surface area contributed by atoms with Crippen LogP contribution in [0.25, 0.3) is 0 Å². The molecule has 3 atom stereocenters. The molecule has 116 valence electrons. The SMILES string of the molecule is CN1CCCC(CNC2CC2NC(=O)OC(C)(C)C)C1. The second-order valence-corrected chi connectivity index (χ2v) is 7.27. The van der Waals surface area contributed by atoms with Gasteiger partial charge < -0.3 is 20.3 Å². The predicted molar refractivity (Wildman–Crippen MR) is 79.8 cm³/mol. The van der Waals surface area contributed by atoms with Crippen LogP contribution in [0.4, 0.5) is 4.79 Å². The third kappa shape index (κ3) is 5.29. The van der Waals surface area contributed by atoms with E-state index in [4.69, 9.17) is 4.74 Å². The van der Waals surface area contributed by atoms with E-state index in [0.29, 0.717) is 6.04 Å². The summed E-state index contributed by atoms with van der Waals surface area (Å²) in [6.45, 7) is 9.12. The fraction of sp³-hybridized carbons (Fsp3) is 0.933. The zero-order valence-electron chi connectivity index (χ0n) is 13.2. The lowest BCUT2D eigenvalue weighted by Crippen LogP contribution is -2.40. The second kappa shape index (κ2) is 6.31. The Morgan fingerprint density at radius 1 is 1.35 bits per heavy atom. The molecule has 5 nitrogen and oxygen atoms in total. The van der Waals surface area contributed by atoms with Crippen molar-refractivity contribution in [3.8, 4) is 0 Å². The lowest BCUT2D eigenvalue weighted by molar-refractivity contribution is 0.0522. The van der Waals surface area contributed by atoms with Crippen LogP contribution in [0.1, 0.15) is 40.0 Å². The molecule has 2 rings (SSSR count). The van der Waals surface area contributed by atoms with E-state index < -0.39 is 5.60 Å². The van der Waals surface area contributed by atoms with Gasteiger partial charge in [-0.3, -0.25) is 0 Å². The normalized spacial score (nSPS) is 30.9. The Bertz CT molecular complexity index is 341. The summed E-state index contributed by atoms with van der Waals surface area (Å²) in [5.41, 5.74) is -0.422. The van der Waals surface area contributed by atoms with Crippen molar-refractivity contribution in [2.75, 3.05) is 26.7 Å². The number of ether oxygens (including phenoxy) is 1. The molecule has 0 radical (unpaired) electrons. The fourth-order valence-corrected chi connectivity index (χ4v) is 2.80. The maximum atomic E-state index is 11.6. The molecule has 1 saturated heterocycles. The van der Waals surface area contributed by atoms with E-state index in [0.717, 1.165) is 18.9 Å². The van der Waals surface area contributed by atoms with Crippen LogP contribution in [0.3, 0.4) is 0 Å². The van der Waals surface area contributed by atoms with Gasteiger partial charge in [0.15, 0.2) is 0 Å². The minimum absolute atomic E-state index is 0.242. The van der Waals surface area contributed by atoms with E-state index in [-0.39, 0.29) is 12.1 Å². The van der Waals surface area contributed by atoms with Gasteiger partial charge in [0.2, 0.25) is 0 Å². The van der Waals surface area contributed by atoms with Crippen molar-refractivity contribution in [3.63, 3.8) is 0 Å². The first-order chi connectivity index (χ1) is 9.33. The molecule has 2 aliphatic rings. The van der Waals surface area contributed by atoms with Gasteiger partial charge >= 0.3 is 6.09 Å². The Kier molecular flexibility index (Phi) is 4.91. The minimum Gasteiger partial charge on any atom is -0.444 e. The van der Waals surface area contributed by atoms with Gasteiger partial charge in [-0.2, -0.15) is 0 Å². The van der Waals surface area contributed by atoms with Crippen molar-refractivity contribution in [1.82, 2.24) is 15.5 Å². The maximum Gasteiger partial charge on any atom is 0.407 e. The lowest BCUT2D eigenvalue weighted by Gasteiger charge is -2.29. The summed E-state index contributed by atoms with van der Waals surface area (Å²) in [7, 11) is 2.19. The van der Waals surface area contributed by atoms with Crippen LogP contribution in [0.15, 0.2) is 0 Å². The third-order valence-electron chi connectivity index (χ3n) is 3.88. The standard InChI is InChI=1S/C15H29N3O2/c1-15(2,3)20-14(19)17-13-8-12(13)16-9-11-6-5-7-18(4)10-11/h11-13,16H,5-10H2,1-4H3,(H,17,19). The molecule has 0 aromatic carbocycles. The molecule has 3 unspecified atom stereocenters. The molecule has 2 N–H and O–H groups in total. The molecule has 0 aromatic heterocycles. The molecule has 1 aliphatic heterocycles. The predicted octanol–water partition coefficient (Wildman–Crippen LogP) is 1.58. The molecule has 0 aromatic rings. The molecule has 1 aliphatic carbocycles. The van der Waals surface area contributed by atoms with Crippen LogP contribution in [0.5, 0.6) is 0 Å². The van der Waals surface area contributed by atoms with Gasteiger partial charge in [0, 0.05) is 18.6 Å². The number of alkyl carbamates (subject to hydrolysis) is 1. The highest BCUT2D eigenvalue weighted by Crippen LogP contribution is 2.23. The topological polar surface area (TPSA) is 53.6 Å². The van der Waals surface area contributed by atoms with Crippen LogP contribution in [-0.2, 0) is 4.74 Å². The van der Waals surface area contributed by atoms with Crippen LogP contribution in [-0.4, -0.2) is 55.4 Å². The highest BCUT2D eigenvalue weighted by molar-refractivity contribution is 5.68. The number of carbonyl (C=O) groups is 1. The van der Waals surface area contributed by atoms with E-state index in [9.17, 15) is 4.79 Å². The number of hydrogen-bond donors (Lipinski definition) is 2. The number of piperidine rings is 1. The Morgan fingerprint density at radius 2 is 2.10 bits per heavy atom. The summed E-state index contributed by atoms with van der Waals surface area (Å²) in [6, 6.07) is 0.668. The van der Waals surface area contributed by atoms with Crippen molar-refractivity contribution < 1.29 is 9.53 Å². The molecular formula is C15H29N3O2. The molecule has 0 bridgehead atoms. The zero-order valence-corrected chi connectivity index (χ0v) is 13.2. The van der Waals surface area contributed by atoms with Crippen molar-refractivity contribution in [3.05, 3.63) is 0 Å². The summed E-state index contributed by atoms with van der Waals surface area (Å²) < 4.78 is 5.26. The Morgan fingerprint density at radius 3 is 2.75 bits per heavy atom. The number of nitrogens with one attached hydrogen (secondary N) is 2. The molecule has 5 heteroatoms. The Hall–Kier alpha value is -0.810. The summed E-state index contributed by atoms with van der Waals surface area (Å²) in [5.74, 6) is 0.747. The van der Waals surface area contributed by atoms with E-state index >= 15 is 0 Å². The molecular weight excluding hydrogens is 254 g/mol. The number of hydrogen-bond acceptors (Lipinski definition) is 4. The van der Waals surface area contributed by atoms with Crippen molar-refractivity contribution in [2.45, 2.75) is 57.7 Å². The van der Waals surface area contributed by atoms with Crippen LogP contribution in [0, 0.1) is 5.92 Å². The van der Waals surface area contributed by atoms with Crippen LogP contribution >= 0.6 is 0 Å². The van der Waals surface area contributed by atoms with Gasteiger partial charge in [0.05, 0.1) is 0 Å². The number of nitrogens with zero attached hydrogens (tertiary/aromatic N) is 1. The highest BCUT2D eigenvalue weighted by atomic mass is 16.6.